The second-order valence-electron chi connectivity index (χ2n) is 15.6. The van der Waals surface area contributed by atoms with Gasteiger partial charge in [-0.3, -0.25) is 9.59 Å². The summed E-state index contributed by atoms with van der Waals surface area (Å²) >= 11 is 0. The van der Waals surface area contributed by atoms with Gasteiger partial charge in [-0.1, -0.05) is 52.7 Å². The zero-order valence-corrected chi connectivity index (χ0v) is 34.5. The molecule has 314 valence electrons. The lowest BCUT2D eigenvalue weighted by Gasteiger charge is -2.37. The molecule has 2 aromatic heterocycles. The average Bonchev–Trinajstić information content (AvgIpc) is 4.07. The quantitative estimate of drug-likeness (QED) is 0.112. The number of H-pyrrole nitrogens is 2. The Bertz CT molecular complexity index is 2170. The summed E-state index contributed by atoms with van der Waals surface area (Å²) in [6.45, 7) is 9.45. The Morgan fingerprint density at radius 2 is 1.36 bits per heavy atom. The van der Waals surface area contributed by atoms with Crippen LogP contribution in [0.4, 0.5) is 9.59 Å². The van der Waals surface area contributed by atoms with E-state index in [1.807, 2.05) is 56.9 Å². The van der Waals surface area contributed by atoms with Crippen LogP contribution in [0.15, 0.2) is 48.8 Å². The number of rotatable bonds is 12. The number of methoxy groups -OCH3 is 2. The van der Waals surface area contributed by atoms with Crippen molar-refractivity contribution in [2.75, 3.05) is 40.5 Å². The molecule has 16 heteroatoms. The van der Waals surface area contributed by atoms with Gasteiger partial charge in [-0.2, -0.15) is 0 Å². The molecule has 3 aliphatic heterocycles. The minimum absolute atomic E-state index is 0.0694. The molecule has 4 N–H and O–H groups in total. The highest BCUT2D eigenvalue weighted by Gasteiger charge is 2.39. The minimum atomic E-state index is -0.745. The van der Waals surface area contributed by atoms with Gasteiger partial charge >= 0.3 is 12.2 Å². The summed E-state index contributed by atoms with van der Waals surface area (Å²) in [5.74, 6) is 2.29. The number of benzene rings is 2. The van der Waals surface area contributed by atoms with Crippen molar-refractivity contribution in [3.05, 3.63) is 71.6 Å². The third kappa shape index (κ3) is 8.63. The van der Waals surface area contributed by atoms with E-state index in [1.165, 1.54) is 14.2 Å². The number of ether oxygens (including phenoxy) is 4. The molecule has 4 aromatic rings. The molecule has 2 saturated heterocycles. The molecule has 2 aromatic carbocycles. The Balaban J connectivity index is 1.04. The van der Waals surface area contributed by atoms with Gasteiger partial charge in [0.05, 0.1) is 57.3 Å². The summed E-state index contributed by atoms with van der Waals surface area (Å²) in [7, 11) is 2.58. The van der Waals surface area contributed by atoms with Gasteiger partial charge < -0.3 is 49.3 Å². The Labute approximate surface area is 343 Å². The van der Waals surface area contributed by atoms with E-state index in [9.17, 15) is 19.2 Å². The first kappa shape index (κ1) is 41.3. The first-order valence-corrected chi connectivity index (χ1v) is 20.4. The second-order valence-corrected chi connectivity index (χ2v) is 15.6. The van der Waals surface area contributed by atoms with E-state index >= 15 is 0 Å². The molecular formula is C43H54N8O8. The van der Waals surface area contributed by atoms with Gasteiger partial charge in [-0.15, -0.1) is 0 Å². The van der Waals surface area contributed by atoms with Crippen LogP contribution in [0.25, 0.3) is 22.5 Å². The molecule has 4 amide bonds. The highest BCUT2D eigenvalue weighted by Crippen LogP contribution is 2.41. The zero-order chi connectivity index (χ0) is 41.8. The molecule has 2 fully saturated rings. The maximum Gasteiger partial charge on any atom is 0.407 e. The van der Waals surface area contributed by atoms with E-state index in [0.29, 0.717) is 44.2 Å². The summed E-state index contributed by atoms with van der Waals surface area (Å²) in [6.07, 6.45) is 5.96. The monoisotopic (exact) mass is 810 g/mol. The zero-order valence-electron chi connectivity index (χ0n) is 34.5. The fourth-order valence-corrected chi connectivity index (χ4v) is 8.08. The summed E-state index contributed by atoms with van der Waals surface area (Å²) in [5.41, 5.74) is 5.49. The second kappa shape index (κ2) is 17.9. The van der Waals surface area contributed by atoms with Gasteiger partial charge in [0.2, 0.25) is 11.8 Å². The average molecular weight is 811 g/mol. The predicted molar refractivity (Wildman–Crippen MR) is 217 cm³/mol. The lowest BCUT2D eigenvalue weighted by molar-refractivity contribution is -0.144. The number of nitrogens with zero attached hydrogens (tertiary/aromatic N) is 4. The van der Waals surface area contributed by atoms with Crippen LogP contribution in [-0.4, -0.2) is 106 Å². The van der Waals surface area contributed by atoms with Crippen molar-refractivity contribution in [3.63, 3.8) is 0 Å². The standard InChI is InChI=1S/C43H54N8O8/c1-7-24(3)36(48-42(54)56-5)40(52)50-15-9-10-32(50)38-44-22-31(46-38)27-11-12-28-19-29-18-26(13-14-34(29)59-35(28)20-27)30-21-45-39(47-30)33-23-58-17-16-51(33)41(53)37(25(4)8-2)49-43(55)57-6/h11-14,18,20-22,24-25,32-33,36-37H,7-10,15-17,19,23H2,1-6H3,(H,44,46)(H,45,47)(H,48,54)(H,49,55)/t24-,25-,32-,33-,36-,37-/m0/s1. The van der Waals surface area contributed by atoms with Gasteiger partial charge in [-0.05, 0) is 60.1 Å². The highest BCUT2D eigenvalue weighted by atomic mass is 16.5. The number of hydrogen-bond acceptors (Lipinski definition) is 10. The van der Waals surface area contributed by atoms with Crippen molar-refractivity contribution in [3.8, 4) is 34.0 Å². The lowest BCUT2D eigenvalue weighted by Crippen LogP contribution is -2.55. The predicted octanol–water partition coefficient (Wildman–Crippen LogP) is 6.27. The van der Waals surface area contributed by atoms with Crippen molar-refractivity contribution in [2.45, 2.75) is 84.0 Å². The summed E-state index contributed by atoms with van der Waals surface area (Å²) < 4.78 is 21.9. The molecule has 5 heterocycles. The smallest absolute Gasteiger partial charge is 0.407 e. The molecule has 0 radical (unpaired) electrons. The van der Waals surface area contributed by atoms with E-state index in [2.05, 4.69) is 37.7 Å². The molecular weight excluding hydrogens is 757 g/mol. The highest BCUT2D eigenvalue weighted by molar-refractivity contribution is 5.87. The number of aromatic amines is 2. The number of alkyl carbamates (subject to hydrolysis) is 2. The number of carbonyl (C=O) groups is 4. The number of hydrogen-bond donors (Lipinski definition) is 4. The fraction of sp³-hybridized carbons (Fsp3) is 0.488. The molecule has 0 aliphatic carbocycles. The van der Waals surface area contributed by atoms with Gasteiger partial charge in [-0.25, -0.2) is 19.6 Å². The van der Waals surface area contributed by atoms with Crippen LogP contribution in [0.2, 0.25) is 0 Å². The number of carbonyl (C=O) groups excluding carboxylic acids is 4. The van der Waals surface area contributed by atoms with Crippen LogP contribution in [-0.2, 0) is 30.2 Å². The van der Waals surface area contributed by atoms with E-state index in [4.69, 9.17) is 23.9 Å². The number of morpholine rings is 1. The van der Waals surface area contributed by atoms with Gasteiger partial charge in [0.15, 0.2) is 0 Å². The third-order valence-electron chi connectivity index (χ3n) is 12.0. The number of imidazole rings is 2. The Morgan fingerprint density at radius 1 is 0.780 bits per heavy atom. The number of aromatic nitrogens is 4. The number of amides is 4. The summed E-state index contributed by atoms with van der Waals surface area (Å²) in [4.78, 5) is 71.7. The Kier molecular flexibility index (Phi) is 12.5. The van der Waals surface area contributed by atoms with Crippen molar-refractivity contribution < 1.29 is 38.1 Å². The van der Waals surface area contributed by atoms with Crippen molar-refractivity contribution >= 4 is 24.0 Å². The van der Waals surface area contributed by atoms with Crippen LogP contribution in [0, 0.1) is 11.8 Å². The first-order chi connectivity index (χ1) is 28.5. The van der Waals surface area contributed by atoms with Gasteiger partial charge in [0, 0.05) is 30.6 Å². The summed E-state index contributed by atoms with van der Waals surface area (Å²) in [5, 5.41) is 5.48. The molecule has 16 nitrogen and oxygen atoms in total. The number of fused-ring (bicyclic) bond motifs is 2. The lowest BCUT2D eigenvalue weighted by atomic mass is 9.96. The Morgan fingerprint density at radius 3 is 1.97 bits per heavy atom. The number of likely N-dealkylation sites (tertiary alicyclic amines) is 1. The fourth-order valence-electron chi connectivity index (χ4n) is 8.08. The largest absolute Gasteiger partial charge is 0.457 e. The Hall–Kier alpha value is -5.90. The van der Waals surface area contributed by atoms with Crippen LogP contribution >= 0.6 is 0 Å². The molecule has 3 aliphatic rings. The maximum absolute atomic E-state index is 13.9. The molecule has 0 saturated carbocycles. The molecule has 7 rings (SSSR count). The van der Waals surface area contributed by atoms with Crippen LogP contribution in [0.3, 0.4) is 0 Å². The van der Waals surface area contributed by atoms with Crippen molar-refractivity contribution in [1.82, 2.24) is 40.4 Å². The topological polar surface area (TPSA) is 193 Å². The molecule has 6 atom stereocenters. The van der Waals surface area contributed by atoms with E-state index in [1.54, 1.807) is 17.3 Å². The molecule has 0 bridgehead atoms. The van der Waals surface area contributed by atoms with E-state index in [0.717, 1.165) is 64.4 Å². The summed E-state index contributed by atoms with van der Waals surface area (Å²) in [6, 6.07) is 10.00. The van der Waals surface area contributed by atoms with E-state index in [-0.39, 0.29) is 36.3 Å². The number of nitrogens with one attached hydrogen (secondary N) is 4. The van der Waals surface area contributed by atoms with Crippen LogP contribution in [0.5, 0.6) is 11.5 Å². The molecule has 0 unspecified atom stereocenters. The SMILES string of the molecule is CC[C@H](C)[C@H](NC(=O)OC)C(=O)N1CCC[C@H]1c1ncc(-c2ccc3c(c2)Oc2ccc(-c4cnc([C@@H]5COCCN5C(=O)[C@@H](NC(=O)OC)[C@@H](C)CC)[nH]4)cc2C3)[nH]1. The van der Waals surface area contributed by atoms with E-state index < -0.39 is 30.3 Å². The maximum atomic E-state index is 13.9. The van der Waals surface area contributed by atoms with Gasteiger partial charge in [0.25, 0.3) is 0 Å². The van der Waals surface area contributed by atoms with Crippen molar-refractivity contribution in [1.29, 1.82) is 0 Å². The van der Waals surface area contributed by atoms with Gasteiger partial charge in [0.1, 0.15) is 41.3 Å². The molecule has 0 spiro atoms. The van der Waals surface area contributed by atoms with Crippen molar-refractivity contribution in [2.24, 2.45) is 11.8 Å². The van der Waals surface area contributed by atoms with Crippen LogP contribution < -0.4 is 15.4 Å². The van der Waals surface area contributed by atoms with Crippen LogP contribution in [0.1, 0.15) is 88.2 Å². The first-order valence-electron chi connectivity index (χ1n) is 20.4. The molecule has 59 heavy (non-hydrogen) atoms. The minimum Gasteiger partial charge on any atom is -0.457 e. The third-order valence-corrected chi connectivity index (χ3v) is 12.0. The normalized spacial score (nSPS) is 19.4.